The van der Waals surface area contributed by atoms with Crippen molar-refractivity contribution >= 4 is 11.7 Å². The molecule has 0 radical (unpaired) electrons. The summed E-state index contributed by atoms with van der Waals surface area (Å²) in [5, 5.41) is 9.31. The van der Waals surface area contributed by atoms with Crippen LogP contribution in [0.4, 0.5) is 10.5 Å². The van der Waals surface area contributed by atoms with Crippen LogP contribution in [0.5, 0.6) is 5.75 Å². The molecule has 0 aliphatic heterocycles. The number of para-hydroxylation sites is 2. The molecule has 1 heterocycles. The fraction of sp³-hybridized carbons (Fsp3) is 0.167. The molecule has 2 aromatic carbocycles. The highest BCUT2D eigenvalue weighted by Gasteiger charge is 2.11. The van der Waals surface area contributed by atoms with Crippen LogP contribution in [0.1, 0.15) is 11.5 Å². The number of methoxy groups -OCH3 is 1. The number of anilines is 1. The number of amides is 2. The van der Waals surface area contributed by atoms with Crippen molar-refractivity contribution in [2.45, 2.75) is 13.5 Å². The van der Waals surface area contributed by atoms with E-state index < -0.39 is 0 Å². The Bertz CT molecular complexity index is 859. The first-order chi connectivity index (χ1) is 12.2. The summed E-state index contributed by atoms with van der Waals surface area (Å²) in [6, 6.07) is 14.6. The van der Waals surface area contributed by atoms with Crippen LogP contribution in [0.2, 0.25) is 0 Å². The van der Waals surface area contributed by atoms with Gasteiger partial charge < -0.3 is 19.9 Å². The number of ether oxygens (including phenoxy) is 1. The summed E-state index contributed by atoms with van der Waals surface area (Å²) in [5.41, 5.74) is 2.59. The second-order valence-electron chi connectivity index (χ2n) is 5.39. The van der Waals surface area contributed by atoms with Gasteiger partial charge in [-0.05, 0) is 19.1 Å². The zero-order valence-electron chi connectivity index (χ0n) is 13.9. The smallest absolute Gasteiger partial charge is 0.319 e. The molecule has 128 valence electrons. The molecule has 0 atom stereocenters. The van der Waals surface area contributed by atoms with Gasteiger partial charge in [-0.2, -0.15) is 4.98 Å². The molecule has 0 fully saturated rings. The van der Waals surface area contributed by atoms with Crippen LogP contribution in [0.15, 0.2) is 53.1 Å². The van der Waals surface area contributed by atoms with Crippen molar-refractivity contribution in [1.29, 1.82) is 0 Å². The third kappa shape index (κ3) is 4.14. The number of aryl methyl sites for hydroxylation is 1. The molecule has 7 heteroatoms. The van der Waals surface area contributed by atoms with Crippen molar-refractivity contribution in [3.05, 3.63) is 60.0 Å². The molecule has 7 nitrogen and oxygen atoms in total. The molecule has 3 aromatic rings. The lowest BCUT2D eigenvalue weighted by molar-refractivity contribution is 0.249. The van der Waals surface area contributed by atoms with E-state index in [1.807, 2.05) is 43.3 Å². The second-order valence-corrected chi connectivity index (χ2v) is 5.39. The average molecular weight is 338 g/mol. The Balaban J connectivity index is 1.58. The molecule has 0 aliphatic carbocycles. The van der Waals surface area contributed by atoms with Gasteiger partial charge in [-0.15, -0.1) is 0 Å². The number of benzene rings is 2. The molecule has 25 heavy (non-hydrogen) atoms. The summed E-state index contributed by atoms with van der Waals surface area (Å²) >= 11 is 0. The minimum absolute atomic E-state index is 0.125. The zero-order chi connectivity index (χ0) is 17.6. The summed E-state index contributed by atoms with van der Waals surface area (Å²) in [4.78, 5) is 16.3. The van der Waals surface area contributed by atoms with Gasteiger partial charge in [-0.3, -0.25) is 0 Å². The van der Waals surface area contributed by atoms with Crippen LogP contribution in [0.25, 0.3) is 11.4 Å². The Labute approximate surface area is 145 Å². The highest BCUT2D eigenvalue weighted by molar-refractivity contribution is 5.90. The number of hydrogen-bond acceptors (Lipinski definition) is 5. The standard InChI is InChI=1S/C18H18N4O3/c1-12-7-9-13(10-8-12)17-21-16(25-22-17)11-19-18(23)20-14-5-3-4-6-15(14)24-2/h3-10H,11H2,1-2H3,(H2,19,20,23). The number of aromatic nitrogens is 2. The first-order valence-electron chi connectivity index (χ1n) is 7.73. The molecule has 1 aromatic heterocycles. The highest BCUT2D eigenvalue weighted by Crippen LogP contribution is 2.22. The number of carbonyl (C=O) groups excluding carboxylic acids is 1. The quantitative estimate of drug-likeness (QED) is 0.744. The van der Waals surface area contributed by atoms with E-state index in [-0.39, 0.29) is 12.6 Å². The fourth-order valence-corrected chi connectivity index (χ4v) is 2.22. The predicted molar refractivity (Wildman–Crippen MR) is 93.3 cm³/mol. The van der Waals surface area contributed by atoms with E-state index in [1.165, 1.54) is 0 Å². The van der Waals surface area contributed by atoms with Crippen LogP contribution in [-0.4, -0.2) is 23.3 Å². The molecule has 0 saturated carbocycles. The van der Waals surface area contributed by atoms with Crippen molar-refractivity contribution in [2.24, 2.45) is 0 Å². The maximum Gasteiger partial charge on any atom is 0.319 e. The number of rotatable bonds is 5. The van der Waals surface area contributed by atoms with E-state index in [0.29, 0.717) is 23.2 Å². The summed E-state index contributed by atoms with van der Waals surface area (Å²) in [7, 11) is 1.55. The van der Waals surface area contributed by atoms with E-state index >= 15 is 0 Å². The summed E-state index contributed by atoms with van der Waals surface area (Å²) in [5.74, 6) is 1.39. The van der Waals surface area contributed by atoms with Gasteiger partial charge in [0.25, 0.3) is 0 Å². The van der Waals surface area contributed by atoms with Gasteiger partial charge in [-0.1, -0.05) is 47.1 Å². The minimum Gasteiger partial charge on any atom is -0.495 e. The largest absolute Gasteiger partial charge is 0.495 e. The van der Waals surface area contributed by atoms with Crippen LogP contribution >= 0.6 is 0 Å². The molecular formula is C18H18N4O3. The summed E-state index contributed by atoms with van der Waals surface area (Å²) in [6.45, 7) is 2.13. The maximum atomic E-state index is 12.0. The predicted octanol–water partition coefficient (Wildman–Crippen LogP) is 3.38. The van der Waals surface area contributed by atoms with Gasteiger partial charge >= 0.3 is 6.03 Å². The minimum atomic E-state index is -0.389. The normalized spacial score (nSPS) is 10.3. The van der Waals surface area contributed by atoms with Crippen molar-refractivity contribution in [2.75, 3.05) is 12.4 Å². The van der Waals surface area contributed by atoms with E-state index in [2.05, 4.69) is 20.8 Å². The third-order valence-electron chi connectivity index (χ3n) is 3.53. The van der Waals surface area contributed by atoms with Gasteiger partial charge in [0.2, 0.25) is 11.7 Å². The molecule has 0 aliphatic rings. The topological polar surface area (TPSA) is 89.3 Å². The van der Waals surface area contributed by atoms with E-state index in [0.717, 1.165) is 11.1 Å². The SMILES string of the molecule is COc1ccccc1NC(=O)NCc1nc(-c2ccc(C)cc2)no1. The van der Waals surface area contributed by atoms with Gasteiger partial charge in [0.1, 0.15) is 5.75 Å². The van der Waals surface area contributed by atoms with Crippen LogP contribution < -0.4 is 15.4 Å². The number of carbonyl (C=O) groups is 1. The molecule has 2 amide bonds. The zero-order valence-corrected chi connectivity index (χ0v) is 13.9. The van der Waals surface area contributed by atoms with Gasteiger partial charge in [-0.25, -0.2) is 4.79 Å². The Hall–Kier alpha value is -3.35. The Morgan fingerprint density at radius 1 is 1.16 bits per heavy atom. The van der Waals surface area contributed by atoms with Gasteiger partial charge in [0.15, 0.2) is 0 Å². The number of hydrogen-bond donors (Lipinski definition) is 2. The van der Waals surface area contributed by atoms with Crippen molar-refractivity contribution in [3.8, 4) is 17.1 Å². The third-order valence-corrected chi connectivity index (χ3v) is 3.53. The van der Waals surface area contributed by atoms with Crippen LogP contribution in [0.3, 0.4) is 0 Å². The first-order valence-corrected chi connectivity index (χ1v) is 7.73. The summed E-state index contributed by atoms with van der Waals surface area (Å²) in [6.07, 6.45) is 0. The molecule has 0 unspecified atom stereocenters. The van der Waals surface area contributed by atoms with E-state index in [4.69, 9.17) is 9.26 Å². The molecule has 0 bridgehead atoms. The highest BCUT2D eigenvalue weighted by atomic mass is 16.5. The maximum absolute atomic E-state index is 12.0. The lowest BCUT2D eigenvalue weighted by Gasteiger charge is -2.09. The molecule has 2 N–H and O–H groups in total. The lowest BCUT2D eigenvalue weighted by Crippen LogP contribution is -2.28. The van der Waals surface area contributed by atoms with E-state index in [1.54, 1.807) is 19.2 Å². The number of nitrogens with zero attached hydrogens (tertiary/aromatic N) is 2. The van der Waals surface area contributed by atoms with E-state index in [9.17, 15) is 4.79 Å². The molecule has 0 saturated heterocycles. The fourth-order valence-electron chi connectivity index (χ4n) is 2.22. The lowest BCUT2D eigenvalue weighted by atomic mass is 10.1. The number of urea groups is 1. The van der Waals surface area contributed by atoms with Crippen molar-refractivity contribution < 1.29 is 14.1 Å². The Morgan fingerprint density at radius 2 is 1.92 bits per heavy atom. The summed E-state index contributed by atoms with van der Waals surface area (Å²) < 4.78 is 10.4. The first kappa shape index (κ1) is 16.5. The molecule has 0 spiro atoms. The molecule has 3 rings (SSSR count). The van der Waals surface area contributed by atoms with Gasteiger partial charge in [0.05, 0.1) is 19.3 Å². The average Bonchev–Trinajstić information content (AvgIpc) is 3.10. The molecular weight excluding hydrogens is 320 g/mol. The van der Waals surface area contributed by atoms with Crippen LogP contribution in [-0.2, 0) is 6.54 Å². The Morgan fingerprint density at radius 3 is 2.68 bits per heavy atom. The Kier molecular flexibility index (Phi) is 4.94. The van der Waals surface area contributed by atoms with Gasteiger partial charge in [0, 0.05) is 5.56 Å². The van der Waals surface area contributed by atoms with Crippen molar-refractivity contribution in [1.82, 2.24) is 15.5 Å². The monoisotopic (exact) mass is 338 g/mol. The van der Waals surface area contributed by atoms with Crippen molar-refractivity contribution in [3.63, 3.8) is 0 Å². The van der Waals surface area contributed by atoms with Crippen LogP contribution in [0, 0.1) is 6.92 Å². The second kappa shape index (κ2) is 7.48. The number of nitrogens with one attached hydrogen (secondary N) is 2.